The molecule has 0 atom stereocenters. The molecule has 0 bridgehead atoms. The van der Waals surface area contributed by atoms with Gasteiger partial charge in [-0.1, -0.05) is 61.5 Å². The zero-order valence-corrected chi connectivity index (χ0v) is 19.6. The van der Waals surface area contributed by atoms with Crippen LogP contribution in [-0.4, -0.2) is 30.5 Å². The van der Waals surface area contributed by atoms with Crippen LogP contribution in [0.3, 0.4) is 0 Å². The molecule has 4 rings (SSSR count). The summed E-state index contributed by atoms with van der Waals surface area (Å²) in [4.78, 5) is 15.0. The van der Waals surface area contributed by atoms with Crippen LogP contribution in [0.4, 0.5) is 0 Å². The van der Waals surface area contributed by atoms with Crippen LogP contribution in [0.5, 0.6) is 5.75 Å². The average Bonchev–Trinajstić information content (AvgIpc) is 2.86. The molecule has 172 valence electrons. The van der Waals surface area contributed by atoms with Crippen LogP contribution >= 0.6 is 0 Å². The summed E-state index contributed by atoms with van der Waals surface area (Å²) in [5.74, 6) is 0.947. The SMILES string of the molecule is CCCOc1ccccc1CCCNC(=O)c1ccc(CN2CCc3ccccc3C2)cc1. The monoisotopic (exact) mass is 442 g/mol. The summed E-state index contributed by atoms with van der Waals surface area (Å²) in [7, 11) is 0. The van der Waals surface area contributed by atoms with Crippen molar-refractivity contribution in [2.45, 2.75) is 45.7 Å². The second-order valence-electron chi connectivity index (χ2n) is 8.74. The van der Waals surface area contributed by atoms with E-state index in [1.54, 1.807) is 0 Å². The number of fused-ring (bicyclic) bond motifs is 1. The van der Waals surface area contributed by atoms with Crippen molar-refractivity contribution in [3.63, 3.8) is 0 Å². The third kappa shape index (κ3) is 6.45. The summed E-state index contributed by atoms with van der Waals surface area (Å²) in [6.07, 6.45) is 3.87. The van der Waals surface area contributed by atoms with Crippen LogP contribution in [0.15, 0.2) is 72.8 Å². The molecule has 0 spiro atoms. The molecule has 4 heteroatoms. The number of nitrogens with zero attached hydrogens (tertiary/aromatic N) is 1. The second kappa shape index (κ2) is 11.7. The first-order chi connectivity index (χ1) is 16.2. The first-order valence-corrected chi connectivity index (χ1v) is 12.1. The minimum atomic E-state index is -0.0102. The van der Waals surface area contributed by atoms with E-state index in [0.717, 1.165) is 63.2 Å². The van der Waals surface area contributed by atoms with Gasteiger partial charge >= 0.3 is 0 Å². The quantitative estimate of drug-likeness (QED) is 0.428. The maximum atomic E-state index is 12.6. The minimum Gasteiger partial charge on any atom is -0.493 e. The summed E-state index contributed by atoms with van der Waals surface area (Å²) in [6, 6.07) is 24.9. The van der Waals surface area contributed by atoms with Gasteiger partial charge in [0.05, 0.1) is 6.61 Å². The van der Waals surface area contributed by atoms with Crippen molar-refractivity contribution in [1.29, 1.82) is 0 Å². The molecule has 0 unspecified atom stereocenters. The molecule has 0 radical (unpaired) electrons. The van der Waals surface area contributed by atoms with Gasteiger partial charge in [0.1, 0.15) is 5.75 Å². The fraction of sp³-hybridized carbons (Fsp3) is 0.345. The first kappa shape index (κ1) is 23.1. The topological polar surface area (TPSA) is 41.6 Å². The zero-order chi connectivity index (χ0) is 22.9. The molecule has 0 saturated carbocycles. The number of para-hydroxylation sites is 1. The molecular formula is C29H34N2O2. The molecule has 3 aromatic carbocycles. The number of hydrogen-bond acceptors (Lipinski definition) is 3. The molecule has 3 aromatic rings. The Bertz CT molecular complexity index is 1050. The van der Waals surface area contributed by atoms with E-state index in [-0.39, 0.29) is 5.91 Å². The number of ether oxygens (including phenoxy) is 1. The molecule has 0 aliphatic carbocycles. The van der Waals surface area contributed by atoms with E-state index in [9.17, 15) is 4.79 Å². The number of amides is 1. The van der Waals surface area contributed by atoms with Crippen molar-refractivity contribution >= 4 is 5.91 Å². The van der Waals surface area contributed by atoms with Crippen molar-refractivity contribution in [2.75, 3.05) is 19.7 Å². The fourth-order valence-corrected chi connectivity index (χ4v) is 4.35. The van der Waals surface area contributed by atoms with Gasteiger partial charge < -0.3 is 10.1 Å². The summed E-state index contributed by atoms with van der Waals surface area (Å²) < 4.78 is 5.83. The van der Waals surface area contributed by atoms with Crippen LogP contribution in [-0.2, 0) is 25.9 Å². The standard InChI is InChI=1S/C29H34N2O2/c1-2-20-33-28-12-6-5-9-25(28)11-7-18-30-29(32)26-15-13-23(14-16-26)21-31-19-17-24-8-3-4-10-27(24)22-31/h3-6,8-10,12-16H,2,7,11,17-22H2,1H3,(H,30,32). The third-order valence-electron chi connectivity index (χ3n) is 6.17. The van der Waals surface area contributed by atoms with Gasteiger partial charge in [0.25, 0.3) is 5.91 Å². The highest BCUT2D eigenvalue weighted by atomic mass is 16.5. The number of carbonyl (C=O) groups is 1. The number of nitrogens with one attached hydrogen (secondary N) is 1. The normalized spacial score (nSPS) is 13.4. The van der Waals surface area contributed by atoms with E-state index in [1.807, 2.05) is 30.3 Å². The van der Waals surface area contributed by atoms with Gasteiger partial charge in [-0.25, -0.2) is 0 Å². The van der Waals surface area contributed by atoms with Crippen LogP contribution in [0, 0.1) is 0 Å². The Morgan fingerprint density at radius 2 is 1.73 bits per heavy atom. The molecule has 1 N–H and O–H groups in total. The highest BCUT2D eigenvalue weighted by molar-refractivity contribution is 5.94. The fourth-order valence-electron chi connectivity index (χ4n) is 4.35. The summed E-state index contributed by atoms with van der Waals surface area (Å²) in [6.45, 7) is 6.47. The molecule has 0 saturated heterocycles. The number of benzene rings is 3. The van der Waals surface area contributed by atoms with Crippen molar-refractivity contribution in [3.05, 3.63) is 101 Å². The van der Waals surface area contributed by atoms with E-state index < -0.39 is 0 Å². The Labute approximate surface area is 197 Å². The van der Waals surface area contributed by atoms with Crippen LogP contribution in [0.25, 0.3) is 0 Å². The number of aryl methyl sites for hydroxylation is 1. The average molecular weight is 443 g/mol. The summed E-state index contributed by atoms with van der Waals surface area (Å²) >= 11 is 0. The van der Waals surface area contributed by atoms with Crippen LogP contribution in [0.2, 0.25) is 0 Å². The molecule has 1 aliphatic heterocycles. The Kier molecular flexibility index (Phi) is 8.15. The maximum absolute atomic E-state index is 12.6. The lowest BCUT2D eigenvalue weighted by molar-refractivity contribution is 0.0953. The molecule has 1 heterocycles. The van der Waals surface area contributed by atoms with Crippen LogP contribution < -0.4 is 10.1 Å². The van der Waals surface area contributed by atoms with Gasteiger partial charge in [-0.2, -0.15) is 0 Å². The van der Waals surface area contributed by atoms with Crippen molar-refractivity contribution < 1.29 is 9.53 Å². The molecule has 4 nitrogen and oxygen atoms in total. The number of rotatable bonds is 10. The Balaban J connectivity index is 1.22. The second-order valence-corrected chi connectivity index (χ2v) is 8.74. The molecule has 33 heavy (non-hydrogen) atoms. The maximum Gasteiger partial charge on any atom is 0.251 e. The summed E-state index contributed by atoms with van der Waals surface area (Å²) in [5, 5.41) is 3.05. The van der Waals surface area contributed by atoms with Gasteiger partial charge in [0.2, 0.25) is 0 Å². The highest BCUT2D eigenvalue weighted by Gasteiger charge is 2.16. The van der Waals surface area contributed by atoms with Crippen molar-refractivity contribution in [3.8, 4) is 5.75 Å². The van der Waals surface area contributed by atoms with E-state index >= 15 is 0 Å². The van der Waals surface area contributed by atoms with Crippen molar-refractivity contribution in [1.82, 2.24) is 10.2 Å². The summed E-state index contributed by atoms with van der Waals surface area (Å²) in [5.41, 5.74) is 6.06. The van der Waals surface area contributed by atoms with Gasteiger partial charge in [0.15, 0.2) is 0 Å². The molecule has 0 aromatic heterocycles. The molecular weight excluding hydrogens is 408 g/mol. The molecule has 1 aliphatic rings. The van der Waals surface area contributed by atoms with Crippen LogP contribution in [0.1, 0.15) is 52.4 Å². The van der Waals surface area contributed by atoms with Gasteiger partial charge in [-0.3, -0.25) is 9.69 Å². The lowest BCUT2D eigenvalue weighted by Gasteiger charge is -2.28. The van der Waals surface area contributed by atoms with Gasteiger partial charge in [-0.05, 0) is 66.1 Å². The largest absolute Gasteiger partial charge is 0.493 e. The highest BCUT2D eigenvalue weighted by Crippen LogP contribution is 2.21. The number of hydrogen-bond donors (Lipinski definition) is 1. The molecule has 1 amide bonds. The molecule has 0 fully saturated rings. The smallest absolute Gasteiger partial charge is 0.251 e. The Morgan fingerprint density at radius 3 is 2.55 bits per heavy atom. The lowest BCUT2D eigenvalue weighted by Crippen LogP contribution is -2.30. The Morgan fingerprint density at radius 1 is 0.970 bits per heavy atom. The predicted molar refractivity (Wildman–Crippen MR) is 134 cm³/mol. The third-order valence-corrected chi connectivity index (χ3v) is 6.17. The number of carbonyl (C=O) groups excluding carboxylic acids is 1. The predicted octanol–water partition coefficient (Wildman–Crippen LogP) is 5.40. The van der Waals surface area contributed by atoms with E-state index in [0.29, 0.717) is 6.54 Å². The van der Waals surface area contributed by atoms with E-state index in [2.05, 4.69) is 59.6 Å². The van der Waals surface area contributed by atoms with E-state index in [4.69, 9.17) is 4.74 Å². The van der Waals surface area contributed by atoms with E-state index in [1.165, 1.54) is 22.3 Å². The minimum absolute atomic E-state index is 0.0102. The van der Waals surface area contributed by atoms with Crippen molar-refractivity contribution in [2.24, 2.45) is 0 Å². The zero-order valence-electron chi connectivity index (χ0n) is 19.6. The van der Waals surface area contributed by atoms with Gasteiger partial charge in [-0.15, -0.1) is 0 Å². The Hall–Kier alpha value is -3.11. The van der Waals surface area contributed by atoms with Gasteiger partial charge in [0, 0.05) is 31.7 Å². The first-order valence-electron chi connectivity index (χ1n) is 12.1. The lowest BCUT2D eigenvalue weighted by atomic mass is 9.99.